The van der Waals surface area contributed by atoms with Crippen molar-refractivity contribution >= 4 is 0 Å². The molecule has 0 aromatic rings. The lowest BCUT2D eigenvalue weighted by atomic mass is 9.93. The lowest BCUT2D eigenvalue weighted by Gasteiger charge is -2.15. The molecule has 0 nitrogen and oxygen atoms in total. The van der Waals surface area contributed by atoms with E-state index in [-0.39, 0.29) is 0 Å². The molecule has 0 aromatic carbocycles. The van der Waals surface area contributed by atoms with Gasteiger partial charge in [0.2, 0.25) is 0 Å². The number of hydrogen-bond acceptors (Lipinski definition) is 0. The summed E-state index contributed by atoms with van der Waals surface area (Å²) < 4.78 is 12.8. The maximum atomic E-state index is 12.8. The van der Waals surface area contributed by atoms with E-state index in [0.29, 0.717) is 11.8 Å². The molecule has 1 rings (SSSR count). The molecule has 1 fully saturated rings. The zero-order valence-corrected chi connectivity index (χ0v) is 6.23. The molecule has 0 spiro atoms. The van der Waals surface area contributed by atoms with E-state index >= 15 is 0 Å². The second-order valence-electron chi connectivity index (χ2n) is 3.35. The van der Waals surface area contributed by atoms with Crippen LogP contribution < -0.4 is 0 Å². The van der Waals surface area contributed by atoms with Crippen LogP contribution in [0.15, 0.2) is 0 Å². The summed E-state index contributed by atoms with van der Waals surface area (Å²) in [5.41, 5.74) is 0. The summed E-state index contributed by atoms with van der Waals surface area (Å²) in [5.74, 6) is 0.910. The van der Waals surface area contributed by atoms with Crippen LogP contribution in [0.25, 0.3) is 0 Å². The van der Waals surface area contributed by atoms with Gasteiger partial charge in [-0.3, -0.25) is 0 Å². The predicted molar refractivity (Wildman–Crippen MR) is 37.1 cm³/mol. The van der Waals surface area contributed by atoms with Crippen molar-refractivity contribution < 1.29 is 4.39 Å². The first kappa shape index (κ1) is 7.04. The van der Waals surface area contributed by atoms with Gasteiger partial charge in [-0.2, -0.15) is 0 Å². The summed E-state index contributed by atoms with van der Waals surface area (Å²) in [7, 11) is 0. The number of alkyl halides is 1. The summed E-state index contributed by atoms with van der Waals surface area (Å²) in [4.78, 5) is 0. The Bertz CT molecular complexity index is 88.6. The summed E-state index contributed by atoms with van der Waals surface area (Å²) in [6.07, 6.45) is 2.52. The normalized spacial score (nSPS) is 36.0. The van der Waals surface area contributed by atoms with E-state index in [2.05, 4.69) is 13.8 Å². The Morgan fingerprint density at radius 2 is 2.00 bits per heavy atom. The fraction of sp³-hybridized carbons (Fsp3) is 1.00. The third-order valence-electron chi connectivity index (χ3n) is 2.34. The molecule has 54 valence electrons. The highest BCUT2D eigenvalue weighted by Crippen LogP contribution is 2.33. The Kier molecular flexibility index (Phi) is 2.09. The third-order valence-corrected chi connectivity index (χ3v) is 2.34. The van der Waals surface area contributed by atoms with Crippen molar-refractivity contribution in [2.24, 2.45) is 11.8 Å². The van der Waals surface area contributed by atoms with E-state index < -0.39 is 6.17 Å². The van der Waals surface area contributed by atoms with Crippen LogP contribution in [-0.2, 0) is 0 Å². The zero-order chi connectivity index (χ0) is 6.85. The molecule has 0 radical (unpaired) electrons. The van der Waals surface area contributed by atoms with E-state index in [0.717, 1.165) is 19.3 Å². The van der Waals surface area contributed by atoms with Crippen LogP contribution in [0.3, 0.4) is 0 Å². The van der Waals surface area contributed by atoms with Crippen LogP contribution >= 0.6 is 0 Å². The maximum Gasteiger partial charge on any atom is 0.103 e. The Balaban J connectivity index is 2.40. The second kappa shape index (κ2) is 2.68. The minimum absolute atomic E-state index is 0.366. The highest BCUT2D eigenvalue weighted by molar-refractivity contribution is 4.78. The average molecular weight is 130 g/mol. The average Bonchev–Trinajstić information content (AvgIpc) is 2.13. The topological polar surface area (TPSA) is 0 Å². The quantitative estimate of drug-likeness (QED) is 0.512. The van der Waals surface area contributed by atoms with Gasteiger partial charge in [0.15, 0.2) is 0 Å². The van der Waals surface area contributed by atoms with Gasteiger partial charge in [-0.05, 0) is 24.7 Å². The molecule has 1 aliphatic carbocycles. The number of halogens is 1. The number of rotatable bonds is 1. The van der Waals surface area contributed by atoms with Crippen LogP contribution in [0, 0.1) is 11.8 Å². The van der Waals surface area contributed by atoms with Crippen molar-refractivity contribution in [2.45, 2.75) is 39.3 Å². The first-order chi connectivity index (χ1) is 4.22. The van der Waals surface area contributed by atoms with Gasteiger partial charge in [0.1, 0.15) is 6.17 Å². The molecule has 0 N–H and O–H groups in total. The van der Waals surface area contributed by atoms with E-state index in [4.69, 9.17) is 0 Å². The summed E-state index contributed by atoms with van der Waals surface area (Å²) in [5, 5.41) is 0. The Labute approximate surface area is 56.5 Å². The smallest absolute Gasteiger partial charge is 0.103 e. The van der Waals surface area contributed by atoms with Gasteiger partial charge >= 0.3 is 0 Å². The van der Waals surface area contributed by atoms with Crippen LogP contribution in [0.5, 0.6) is 0 Å². The molecule has 1 aliphatic rings. The lowest BCUT2D eigenvalue weighted by Crippen LogP contribution is -2.14. The molecule has 0 unspecified atom stereocenters. The van der Waals surface area contributed by atoms with Crippen molar-refractivity contribution in [2.75, 3.05) is 0 Å². The standard InChI is InChI=1S/C8H15F/c1-6(2)7-4-3-5-8(7)9/h6-8H,3-5H2,1-2H3/t7-,8-/m0/s1. The Hall–Kier alpha value is -0.0700. The van der Waals surface area contributed by atoms with E-state index in [9.17, 15) is 4.39 Å². The van der Waals surface area contributed by atoms with Crippen molar-refractivity contribution in [3.63, 3.8) is 0 Å². The van der Waals surface area contributed by atoms with Gasteiger partial charge in [-0.15, -0.1) is 0 Å². The minimum atomic E-state index is -0.495. The predicted octanol–water partition coefficient (Wildman–Crippen LogP) is 2.78. The molecule has 9 heavy (non-hydrogen) atoms. The second-order valence-corrected chi connectivity index (χ2v) is 3.35. The molecular weight excluding hydrogens is 115 g/mol. The van der Waals surface area contributed by atoms with Crippen molar-refractivity contribution in [3.8, 4) is 0 Å². The SMILES string of the molecule is CC(C)[C@@H]1CCC[C@@H]1F. The van der Waals surface area contributed by atoms with Gasteiger partial charge in [0.05, 0.1) is 0 Å². The molecule has 0 saturated heterocycles. The van der Waals surface area contributed by atoms with Gasteiger partial charge < -0.3 is 0 Å². The third kappa shape index (κ3) is 1.44. The van der Waals surface area contributed by atoms with Crippen molar-refractivity contribution in [1.82, 2.24) is 0 Å². The summed E-state index contributed by atoms with van der Waals surface area (Å²) in [6.45, 7) is 4.23. The van der Waals surface area contributed by atoms with Crippen molar-refractivity contribution in [1.29, 1.82) is 0 Å². The van der Waals surface area contributed by atoms with Gasteiger partial charge in [0, 0.05) is 0 Å². The first-order valence-corrected chi connectivity index (χ1v) is 3.86. The largest absolute Gasteiger partial charge is 0.247 e. The fourth-order valence-electron chi connectivity index (χ4n) is 1.69. The highest BCUT2D eigenvalue weighted by atomic mass is 19.1. The molecule has 0 amide bonds. The molecule has 0 bridgehead atoms. The van der Waals surface area contributed by atoms with E-state index in [1.807, 2.05) is 0 Å². The van der Waals surface area contributed by atoms with Crippen molar-refractivity contribution in [3.05, 3.63) is 0 Å². The van der Waals surface area contributed by atoms with Crippen LogP contribution in [-0.4, -0.2) is 6.17 Å². The van der Waals surface area contributed by atoms with Gasteiger partial charge in [-0.25, -0.2) is 4.39 Å². The van der Waals surface area contributed by atoms with E-state index in [1.165, 1.54) is 0 Å². The molecule has 0 heterocycles. The Morgan fingerprint density at radius 1 is 1.33 bits per heavy atom. The minimum Gasteiger partial charge on any atom is -0.247 e. The molecule has 0 aromatic heterocycles. The summed E-state index contributed by atoms with van der Waals surface area (Å²) >= 11 is 0. The van der Waals surface area contributed by atoms with E-state index in [1.54, 1.807) is 0 Å². The molecule has 1 saturated carbocycles. The molecule has 2 atom stereocenters. The molecule has 0 aliphatic heterocycles. The first-order valence-electron chi connectivity index (χ1n) is 3.86. The monoisotopic (exact) mass is 130 g/mol. The van der Waals surface area contributed by atoms with Gasteiger partial charge in [0.25, 0.3) is 0 Å². The summed E-state index contributed by atoms with van der Waals surface area (Å²) in [6, 6.07) is 0. The highest BCUT2D eigenvalue weighted by Gasteiger charge is 2.28. The fourth-order valence-corrected chi connectivity index (χ4v) is 1.69. The van der Waals surface area contributed by atoms with Crippen LogP contribution in [0.4, 0.5) is 4.39 Å². The van der Waals surface area contributed by atoms with Crippen LogP contribution in [0.2, 0.25) is 0 Å². The zero-order valence-electron chi connectivity index (χ0n) is 6.23. The lowest BCUT2D eigenvalue weighted by molar-refractivity contribution is 0.215. The maximum absolute atomic E-state index is 12.8. The molecular formula is C8H15F. The van der Waals surface area contributed by atoms with Gasteiger partial charge in [-0.1, -0.05) is 20.3 Å². The Morgan fingerprint density at radius 3 is 2.22 bits per heavy atom. The van der Waals surface area contributed by atoms with Crippen LogP contribution in [0.1, 0.15) is 33.1 Å². The molecule has 1 heteroatoms. The number of hydrogen-bond donors (Lipinski definition) is 0.